The summed E-state index contributed by atoms with van der Waals surface area (Å²) in [6.45, 7) is 1.42. The molecule has 6 rings (SSSR count). The Kier molecular flexibility index (Phi) is 6.64. The van der Waals surface area contributed by atoms with Gasteiger partial charge in [0.05, 0.1) is 12.6 Å². The van der Waals surface area contributed by atoms with Crippen LogP contribution < -0.4 is 9.47 Å². The molecule has 0 bridgehead atoms. The molecule has 37 heavy (non-hydrogen) atoms. The Morgan fingerprint density at radius 3 is 2.51 bits per heavy atom. The molecule has 0 amide bonds. The Bertz CT molecular complexity index is 1460. The second kappa shape index (κ2) is 9.76. The molecule has 1 unspecified atom stereocenters. The molecule has 3 aromatic carbocycles. The van der Waals surface area contributed by atoms with Crippen LogP contribution in [0.2, 0.25) is 0 Å². The molecule has 1 atom stereocenters. The Hall–Kier alpha value is -3.49. The van der Waals surface area contributed by atoms with Gasteiger partial charge in [0.2, 0.25) is 0 Å². The second-order valence-corrected chi connectivity index (χ2v) is 9.32. The summed E-state index contributed by atoms with van der Waals surface area (Å²) in [6.07, 6.45) is 1.62. The van der Waals surface area contributed by atoms with E-state index in [1.54, 1.807) is 7.11 Å². The number of rotatable bonds is 5. The third-order valence-corrected chi connectivity index (χ3v) is 7.42. The van der Waals surface area contributed by atoms with Crippen LogP contribution in [0.15, 0.2) is 48.5 Å². The van der Waals surface area contributed by atoms with E-state index in [2.05, 4.69) is 11.0 Å². The van der Waals surface area contributed by atoms with Crippen molar-refractivity contribution in [3.8, 4) is 11.5 Å². The molecule has 2 aliphatic rings. The number of methoxy groups -OCH3 is 1. The van der Waals surface area contributed by atoms with Gasteiger partial charge in [-0.15, -0.1) is 0 Å². The molecule has 4 aromatic rings. The Labute approximate surface area is 213 Å². The van der Waals surface area contributed by atoms with Crippen LogP contribution in [0, 0.1) is 17.5 Å². The molecule has 0 spiro atoms. The average molecular weight is 511 g/mol. The molecule has 0 saturated heterocycles. The number of ether oxygens (including phenoxy) is 2. The largest absolute Gasteiger partial charge is 0.493 e. The van der Waals surface area contributed by atoms with E-state index >= 15 is 0 Å². The molecule has 0 saturated carbocycles. The van der Waals surface area contributed by atoms with E-state index in [1.807, 2.05) is 34.9 Å². The Balaban J connectivity index is 0.00000280. The first-order valence-corrected chi connectivity index (χ1v) is 11.9. The molecule has 2 aliphatic heterocycles. The van der Waals surface area contributed by atoms with Gasteiger partial charge in [0, 0.05) is 30.2 Å². The number of aliphatic hydroxyl groups excluding tert-OH is 1. The van der Waals surface area contributed by atoms with Gasteiger partial charge in [-0.3, -0.25) is 4.90 Å². The van der Waals surface area contributed by atoms with Crippen molar-refractivity contribution in [2.24, 2.45) is 0 Å². The summed E-state index contributed by atoms with van der Waals surface area (Å²) in [6, 6.07) is 14.1. The molecule has 194 valence electrons. The van der Waals surface area contributed by atoms with Crippen LogP contribution in [0.4, 0.5) is 13.2 Å². The monoisotopic (exact) mass is 510 g/mol. The van der Waals surface area contributed by atoms with Crippen molar-refractivity contribution < 1.29 is 27.8 Å². The number of aromatic nitrogens is 1. The fourth-order valence-electron chi connectivity index (χ4n) is 5.70. The SMILES string of the molecule is C.COc1cc2c(cc1OCc1cc(F)c(F)c(F)c1)CCN1Cc3c(c4ccccc4n3CO)CC21. The normalized spacial score (nSPS) is 16.5. The topological polar surface area (TPSA) is 46.9 Å². The molecule has 0 fully saturated rings. The van der Waals surface area contributed by atoms with Gasteiger partial charge in [0.25, 0.3) is 0 Å². The van der Waals surface area contributed by atoms with Crippen LogP contribution in [0.1, 0.15) is 41.4 Å². The number of hydrogen-bond acceptors (Lipinski definition) is 4. The van der Waals surface area contributed by atoms with E-state index in [1.165, 1.54) is 10.9 Å². The highest BCUT2D eigenvalue weighted by Crippen LogP contribution is 2.44. The summed E-state index contributed by atoms with van der Waals surface area (Å²) < 4.78 is 54.0. The van der Waals surface area contributed by atoms with Crippen molar-refractivity contribution in [1.82, 2.24) is 9.47 Å². The molecule has 3 heterocycles. The maximum atomic E-state index is 13.6. The predicted octanol–water partition coefficient (Wildman–Crippen LogP) is 5.89. The molecule has 0 radical (unpaired) electrons. The number of nitrogens with zero attached hydrogens (tertiary/aromatic N) is 2. The first kappa shape index (κ1) is 25.2. The number of hydrogen-bond donors (Lipinski definition) is 1. The lowest BCUT2D eigenvalue weighted by molar-refractivity contribution is 0.145. The number of benzene rings is 3. The molecule has 0 aliphatic carbocycles. The van der Waals surface area contributed by atoms with Crippen molar-refractivity contribution >= 4 is 10.9 Å². The van der Waals surface area contributed by atoms with Crippen molar-refractivity contribution in [2.75, 3.05) is 13.7 Å². The van der Waals surface area contributed by atoms with Gasteiger partial charge in [-0.05, 0) is 65.4 Å². The minimum absolute atomic E-state index is 0. The number of para-hydroxylation sites is 1. The van der Waals surface area contributed by atoms with E-state index in [4.69, 9.17) is 9.47 Å². The Morgan fingerprint density at radius 1 is 1.03 bits per heavy atom. The third-order valence-electron chi connectivity index (χ3n) is 7.42. The smallest absolute Gasteiger partial charge is 0.194 e. The van der Waals surface area contributed by atoms with Crippen LogP contribution in [-0.2, 0) is 32.7 Å². The minimum Gasteiger partial charge on any atom is -0.493 e. The van der Waals surface area contributed by atoms with Crippen LogP contribution in [0.3, 0.4) is 0 Å². The van der Waals surface area contributed by atoms with Crippen molar-refractivity contribution in [1.29, 1.82) is 0 Å². The van der Waals surface area contributed by atoms with Crippen molar-refractivity contribution in [2.45, 2.75) is 46.2 Å². The van der Waals surface area contributed by atoms with Crippen LogP contribution in [-0.4, -0.2) is 28.2 Å². The Morgan fingerprint density at radius 2 is 1.78 bits per heavy atom. The van der Waals surface area contributed by atoms with Crippen LogP contribution in [0.25, 0.3) is 10.9 Å². The van der Waals surface area contributed by atoms with Crippen LogP contribution in [0.5, 0.6) is 11.5 Å². The summed E-state index contributed by atoms with van der Waals surface area (Å²) in [7, 11) is 1.56. The van der Waals surface area contributed by atoms with Gasteiger partial charge in [0.15, 0.2) is 29.0 Å². The predicted molar refractivity (Wildman–Crippen MR) is 135 cm³/mol. The van der Waals surface area contributed by atoms with Gasteiger partial charge in [-0.25, -0.2) is 13.2 Å². The lowest BCUT2D eigenvalue weighted by Crippen LogP contribution is -2.39. The summed E-state index contributed by atoms with van der Waals surface area (Å²) in [4.78, 5) is 2.43. The zero-order chi connectivity index (χ0) is 25.0. The summed E-state index contributed by atoms with van der Waals surface area (Å²) in [5, 5.41) is 11.2. The summed E-state index contributed by atoms with van der Waals surface area (Å²) in [5.74, 6) is -2.98. The number of halogens is 3. The van der Waals surface area contributed by atoms with Gasteiger partial charge in [-0.1, -0.05) is 25.6 Å². The van der Waals surface area contributed by atoms with Crippen molar-refractivity contribution in [3.63, 3.8) is 0 Å². The lowest BCUT2D eigenvalue weighted by Gasteiger charge is -2.41. The van der Waals surface area contributed by atoms with Gasteiger partial charge < -0.3 is 19.1 Å². The first-order chi connectivity index (χ1) is 17.5. The minimum atomic E-state index is -1.49. The standard InChI is InChI=1S/C28H25F3N2O3.CH4/c1-35-26-12-19-17(10-27(26)36-14-16-8-21(29)28(31)22(30)9-16)6-7-32-13-25-20(11-24(19)32)18-4-2-3-5-23(18)33(25)15-34;/h2-5,8-10,12,24,34H,6-7,11,13-15H2,1H3;1H4. The van der Waals surface area contributed by atoms with E-state index in [0.717, 1.165) is 60.4 Å². The van der Waals surface area contributed by atoms with Gasteiger partial charge in [-0.2, -0.15) is 0 Å². The number of fused-ring (bicyclic) bond motifs is 6. The molecule has 8 heteroatoms. The summed E-state index contributed by atoms with van der Waals surface area (Å²) in [5.41, 5.74) is 5.95. The zero-order valence-electron chi connectivity index (χ0n) is 19.7. The van der Waals surface area contributed by atoms with Gasteiger partial charge >= 0.3 is 0 Å². The number of aliphatic hydroxyl groups is 1. The fraction of sp³-hybridized carbons (Fsp3) is 0.310. The highest BCUT2D eigenvalue weighted by Gasteiger charge is 2.35. The van der Waals surface area contributed by atoms with Gasteiger partial charge in [0.1, 0.15) is 13.3 Å². The maximum Gasteiger partial charge on any atom is 0.194 e. The molecule has 5 nitrogen and oxygen atoms in total. The molecular formula is C29H29F3N2O3. The van der Waals surface area contributed by atoms with E-state index < -0.39 is 17.5 Å². The summed E-state index contributed by atoms with van der Waals surface area (Å²) >= 11 is 0. The quantitative estimate of drug-likeness (QED) is 0.340. The highest BCUT2D eigenvalue weighted by molar-refractivity contribution is 5.86. The van der Waals surface area contributed by atoms with Crippen LogP contribution >= 0.6 is 0 Å². The highest BCUT2D eigenvalue weighted by atomic mass is 19.2. The molecule has 1 aromatic heterocycles. The zero-order valence-corrected chi connectivity index (χ0v) is 19.7. The maximum absolute atomic E-state index is 13.6. The average Bonchev–Trinajstić information content (AvgIpc) is 3.21. The molecule has 1 N–H and O–H groups in total. The lowest BCUT2D eigenvalue weighted by atomic mass is 9.85. The fourth-order valence-corrected chi connectivity index (χ4v) is 5.70. The second-order valence-electron chi connectivity index (χ2n) is 9.32. The molecular weight excluding hydrogens is 481 g/mol. The van der Waals surface area contributed by atoms with E-state index in [9.17, 15) is 18.3 Å². The third kappa shape index (κ3) is 4.14. The van der Waals surface area contributed by atoms with Crippen molar-refractivity contribution in [3.05, 3.63) is 93.9 Å². The van der Waals surface area contributed by atoms with E-state index in [-0.39, 0.29) is 32.4 Å². The van der Waals surface area contributed by atoms with E-state index in [0.29, 0.717) is 11.5 Å². The first-order valence-electron chi connectivity index (χ1n) is 11.9.